The molecule has 2 aliphatic rings. The van der Waals surface area contributed by atoms with Crippen LogP contribution in [0.25, 0.3) is 0 Å². The Bertz CT molecular complexity index is 169. The standard InChI is InChI=1S/C11H22N2O/c1-2-13-6-5-12-11(9-13)10-3-7-14-8-4-10/h10-12H,2-9H2,1H3. The molecule has 2 rings (SSSR count). The first-order valence-corrected chi connectivity index (χ1v) is 5.93. The molecule has 0 amide bonds. The van der Waals surface area contributed by atoms with Crippen LogP contribution in [0, 0.1) is 5.92 Å². The molecule has 0 aromatic rings. The summed E-state index contributed by atoms with van der Waals surface area (Å²) in [6.07, 6.45) is 2.49. The van der Waals surface area contributed by atoms with Gasteiger partial charge in [0, 0.05) is 38.9 Å². The fourth-order valence-corrected chi connectivity index (χ4v) is 2.56. The second kappa shape index (κ2) is 5.10. The molecule has 14 heavy (non-hydrogen) atoms. The van der Waals surface area contributed by atoms with Gasteiger partial charge in [0.25, 0.3) is 0 Å². The Morgan fingerprint density at radius 2 is 2.14 bits per heavy atom. The highest BCUT2D eigenvalue weighted by molar-refractivity contribution is 4.84. The molecule has 0 spiro atoms. The largest absolute Gasteiger partial charge is 0.381 e. The van der Waals surface area contributed by atoms with Gasteiger partial charge in [-0.05, 0) is 25.3 Å². The molecule has 0 saturated carbocycles. The number of nitrogens with zero attached hydrogens (tertiary/aromatic N) is 1. The zero-order valence-electron chi connectivity index (χ0n) is 9.17. The predicted octanol–water partition coefficient (Wildman–Crippen LogP) is 0.707. The quantitative estimate of drug-likeness (QED) is 0.707. The Kier molecular flexibility index (Phi) is 3.79. The van der Waals surface area contributed by atoms with E-state index in [0.717, 1.165) is 25.7 Å². The van der Waals surface area contributed by atoms with Crippen LogP contribution < -0.4 is 5.32 Å². The van der Waals surface area contributed by atoms with Gasteiger partial charge in [0.1, 0.15) is 0 Å². The summed E-state index contributed by atoms with van der Waals surface area (Å²) in [5.74, 6) is 0.845. The lowest BCUT2D eigenvalue weighted by Gasteiger charge is -2.38. The maximum absolute atomic E-state index is 5.40. The Balaban J connectivity index is 1.83. The summed E-state index contributed by atoms with van der Waals surface area (Å²) < 4.78 is 5.40. The summed E-state index contributed by atoms with van der Waals surface area (Å²) in [7, 11) is 0. The SMILES string of the molecule is CCN1CCNC(C2CCOCC2)C1. The van der Waals surface area contributed by atoms with Gasteiger partial charge in [-0.15, -0.1) is 0 Å². The maximum Gasteiger partial charge on any atom is 0.0469 e. The minimum atomic E-state index is 0.715. The normalized spacial score (nSPS) is 31.9. The summed E-state index contributed by atoms with van der Waals surface area (Å²) in [5.41, 5.74) is 0. The molecule has 0 aromatic heterocycles. The second-order valence-electron chi connectivity index (χ2n) is 4.40. The van der Waals surface area contributed by atoms with E-state index < -0.39 is 0 Å². The second-order valence-corrected chi connectivity index (χ2v) is 4.40. The van der Waals surface area contributed by atoms with E-state index >= 15 is 0 Å². The monoisotopic (exact) mass is 198 g/mol. The van der Waals surface area contributed by atoms with Gasteiger partial charge in [0.15, 0.2) is 0 Å². The first-order valence-electron chi connectivity index (χ1n) is 5.93. The molecule has 3 nitrogen and oxygen atoms in total. The zero-order valence-corrected chi connectivity index (χ0v) is 9.17. The number of piperazine rings is 1. The van der Waals surface area contributed by atoms with E-state index in [4.69, 9.17) is 4.74 Å². The van der Waals surface area contributed by atoms with Gasteiger partial charge in [-0.3, -0.25) is 0 Å². The third-order valence-electron chi connectivity index (χ3n) is 3.57. The molecule has 0 aromatic carbocycles. The highest BCUT2D eigenvalue weighted by Crippen LogP contribution is 2.20. The molecule has 2 fully saturated rings. The van der Waals surface area contributed by atoms with Gasteiger partial charge >= 0.3 is 0 Å². The van der Waals surface area contributed by atoms with Crippen LogP contribution in [0.1, 0.15) is 19.8 Å². The predicted molar refractivity (Wildman–Crippen MR) is 57.4 cm³/mol. The smallest absolute Gasteiger partial charge is 0.0469 e. The van der Waals surface area contributed by atoms with Crippen LogP contribution in [0.4, 0.5) is 0 Å². The van der Waals surface area contributed by atoms with Crippen molar-refractivity contribution < 1.29 is 4.74 Å². The first-order chi connectivity index (χ1) is 6.90. The van der Waals surface area contributed by atoms with Crippen LogP contribution >= 0.6 is 0 Å². The van der Waals surface area contributed by atoms with E-state index in [0.29, 0.717) is 6.04 Å². The van der Waals surface area contributed by atoms with Crippen molar-refractivity contribution in [2.75, 3.05) is 39.4 Å². The average Bonchev–Trinajstić information content (AvgIpc) is 2.30. The molecule has 82 valence electrons. The van der Waals surface area contributed by atoms with Gasteiger partial charge in [0.05, 0.1) is 0 Å². The van der Waals surface area contributed by atoms with Crippen molar-refractivity contribution in [2.45, 2.75) is 25.8 Å². The van der Waals surface area contributed by atoms with Crippen LogP contribution in [0.15, 0.2) is 0 Å². The number of hydrogen-bond donors (Lipinski definition) is 1. The number of hydrogen-bond acceptors (Lipinski definition) is 3. The maximum atomic E-state index is 5.40. The van der Waals surface area contributed by atoms with Crippen molar-refractivity contribution in [3.8, 4) is 0 Å². The summed E-state index contributed by atoms with van der Waals surface area (Å²) in [6, 6.07) is 0.715. The highest BCUT2D eigenvalue weighted by atomic mass is 16.5. The Morgan fingerprint density at radius 1 is 1.36 bits per heavy atom. The summed E-state index contributed by atoms with van der Waals surface area (Å²) in [6.45, 7) is 9.00. The van der Waals surface area contributed by atoms with E-state index in [9.17, 15) is 0 Å². The summed E-state index contributed by atoms with van der Waals surface area (Å²) in [5, 5.41) is 3.66. The molecule has 2 aliphatic heterocycles. The van der Waals surface area contributed by atoms with Crippen LogP contribution in [0.2, 0.25) is 0 Å². The van der Waals surface area contributed by atoms with E-state index in [1.54, 1.807) is 0 Å². The molecule has 1 unspecified atom stereocenters. The van der Waals surface area contributed by atoms with Gasteiger partial charge in [-0.2, -0.15) is 0 Å². The molecule has 1 N–H and O–H groups in total. The van der Waals surface area contributed by atoms with E-state index in [2.05, 4.69) is 17.1 Å². The lowest BCUT2D eigenvalue weighted by atomic mass is 9.90. The molecule has 0 aliphatic carbocycles. The summed E-state index contributed by atoms with van der Waals surface area (Å²) in [4.78, 5) is 2.55. The van der Waals surface area contributed by atoms with Crippen LogP contribution in [0.5, 0.6) is 0 Å². The van der Waals surface area contributed by atoms with Gasteiger partial charge < -0.3 is 15.0 Å². The molecule has 3 heteroatoms. The minimum Gasteiger partial charge on any atom is -0.381 e. The third kappa shape index (κ3) is 2.47. The fraction of sp³-hybridized carbons (Fsp3) is 1.00. The molecule has 0 bridgehead atoms. The third-order valence-corrected chi connectivity index (χ3v) is 3.57. The topological polar surface area (TPSA) is 24.5 Å². The highest BCUT2D eigenvalue weighted by Gasteiger charge is 2.27. The van der Waals surface area contributed by atoms with Crippen molar-refractivity contribution in [1.82, 2.24) is 10.2 Å². The minimum absolute atomic E-state index is 0.715. The van der Waals surface area contributed by atoms with Crippen molar-refractivity contribution in [3.05, 3.63) is 0 Å². The van der Waals surface area contributed by atoms with Crippen LogP contribution in [-0.4, -0.2) is 50.3 Å². The summed E-state index contributed by atoms with van der Waals surface area (Å²) >= 11 is 0. The van der Waals surface area contributed by atoms with Gasteiger partial charge in [-0.25, -0.2) is 0 Å². The molecule has 2 saturated heterocycles. The van der Waals surface area contributed by atoms with Crippen molar-refractivity contribution in [1.29, 1.82) is 0 Å². The number of nitrogens with one attached hydrogen (secondary N) is 1. The zero-order chi connectivity index (χ0) is 9.80. The molecule has 2 heterocycles. The lowest BCUT2D eigenvalue weighted by molar-refractivity contribution is 0.0414. The van der Waals surface area contributed by atoms with E-state index in [1.165, 1.54) is 32.5 Å². The molecule has 1 atom stereocenters. The molecular formula is C11H22N2O. The fourth-order valence-electron chi connectivity index (χ4n) is 2.56. The van der Waals surface area contributed by atoms with Gasteiger partial charge in [-0.1, -0.05) is 6.92 Å². The number of likely N-dealkylation sites (N-methyl/N-ethyl adjacent to an activating group) is 1. The Labute approximate surface area is 86.8 Å². The Hall–Kier alpha value is -0.120. The molecular weight excluding hydrogens is 176 g/mol. The average molecular weight is 198 g/mol. The van der Waals surface area contributed by atoms with Crippen LogP contribution in [0.3, 0.4) is 0 Å². The van der Waals surface area contributed by atoms with Crippen LogP contribution in [-0.2, 0) is 4.74 Å². The molecule has 0 radical (unpaired) electrons. The Morgan fingerprint density at radius 3 is 2.86 bits per heavy atom. The lowest BCUT2D eigenvalue weighted by Crippen LogP contribution is -2.54. The number of rotatable bonds is 2. The number of ether oxygens (including phenoxy) is 1. The van der Waals surface area contributed by atoms with E-state index in [-0.39, 0.29) is 0 Å². The van der Waals surface area contributed by atoms with E-state index in [1.807, 2.05) is 0 Å². The van der Waals surface area contributed by atoms with Crippen molar-refractivity contribution in [3.63, 3.8) is 0 Å². The van der Waals surface area contributed by atoms with Crippen molar-refractivity contribution >= 4 is 0 Å². The van der Waals surface area contributed by atoms with Crippen molar-refractivity contribution in [2.24, 2.45) is 5.92 Å². The first kappa shape index (κ1) is 10.4. The van der Waals surface area contributed by atoms with Gasteiger partial charge in [0.2, 0.25) is 0 Å².